The normalized spacial score (nSPS) is 21.4. The Kier molecular flexibility index (Phi) is 7.11. The summed E-state index contributed by atoms with van der Waals surface area (Å²) in [7, 11) is 0. The van der Waals surface area contributed by atoms with Crippen molar-refractivity contribution in [1.82, 2.24) is 0 Å². The molecule has 2 fully saturated rings. The second-order valence-electron chi connectivity index (χ2n) is 10.9. The van der Waals surface area contributed by atoms with E-state index in [4.69, 9.17) is 18.9 Å². The van der Waals surface area contributed by atoms with Gasteiger partial charge < -0.3 is 18.9 Å². The summed E-state index contributed by atoms with van der Waals surface area (Å²) in [6, 6.07) is 34.5. The lowest BCUT2D eigenvalue weighted by Gasteiger charge is -2.24. The van der Waals surface area contributed by atoms with Crippen LogP contribution in [0, 0.1) is 0 Å². The van der Waals surface area contributed by atoms with Crippen molar-refractivity contribution >= 4 is 5.57 Å². The van der Waals surface area contributed by atoms with Crippen molar-refractivity contribution in [2.75, 3.05) is 26.4 Å². The van der Waals surface area contributed by atoms with Crippen molar-refractivity contribution in [3.8, 4) is 33.8 Å². The van der Waals surface area contributed by atoms with Crippen LogP contribution in [-0.2, 0) is 9.47 Å². The highest BCUT2D eigenvalue weighted by Crippen LogP contribution is 2.41. The SMILES string of the molecule is C1=C(c2ccc(OCC3CO3)c(-c3ccccc3)c2)CCC(c2ccc(OCC3CO3)c(-c3ccccc3)c2)C1. The van der Waals surface area contributed by atoms with Gasteiger partial charge in [0.15, 0.2) is 0 Å². The number of hydrogen-bond donors (Lipinski definition) is 0. The Balaban J connectivity index is 1.12. The molecule has 0 spiro atoms. The number of benzene rings is 4. The first-order valence-corrected chi connectivity index (χ1v) is 14.4. The first-order valence-electron chi connectivity index (χ1n) is 14.4. The molecule has 7 rings (SSSR count). The number of ether oxygens (including phenoxy) is 4. The summed E-state index contributed by atoms with van der Waals surface area (Å²) in [5.74, 6) is 2.34. The molecule has 3 atom stereocenters. The van der Waals surface area contributed by atoms with Crippen molar-refractivity contribution in [1.29, 1.82) is 0 Å². The second kappa shape index (κ2) is 11.3. The van der Waals surface area contributed by atoms with E-state index in [-0.39, 0.29) is 12.2 Å². The van der Waals surface area contributed by atoms with Gasteiger partial charge >= 0.3 is 0 Å². The minimum absolute atomic E-state index is 0.233. The molecule has 4 nitrogen and oxygen atoms in total. The number of allylic oxidation sites excluding steroid dienone is 2. The average Bonchev–Trinajstić information content (AvgIpc) is 3.96. The monoisotopic (exact) mass is 530 g/mol. The van der Waals surface area contributed by atoms with Gasteiger partial charge in [0.05, 0.1) is 13.2 Å². The third kappa shape index (κ3) is 5.84. The Morgan fingerprint density at radius 2 is 1.20 bits per heavy atom. The molecule has 2 aliphatic heterocycles. The van der Waals surface area contributed by atoms with E-state index in [9.17, 15) is 0 Å². The molecule has 4 aromatic carbocycles. The third-order valence-electron chi connectivity index (χ3n) is 8.06. The predicted molar refractivity (Wildman–Crippen MR) is 159 cm³/mol. The molecule has 3 aliphatic rings. The maximum absolute atomic E-state index is 6.17. The van der Waals surface area contributed by atoms with E-state index in [0.29, 0.717) is 19.1 Å². The lowest BCUT2D eigenvalue weighted by atomic mass is 9.81. The molecule has 0 N–H and O–H groups in total. The average molecular weight is 531 g/mol. The second-order valence-corrected chi connectivity index (χ2v) is 10.9. The van der Waals surface area contributed by atoms with Crippen LogP contribution in [0.4, 0.5) is 0 Å². The van der Waals surface area contributed by atoms with Gasteiger partial charge in [0, 0.05) is 11.1 Å². The van der Waals surface area contributed by atoms with Gasteiger partial charge in [-0.2, -0.15) is 0 Å². The molecule has 0 aromatic heterocycles. The largest absolute Gasteiger partial charge is 0.490 e. The fourth-order valence-electron chi connectivity index (χ4n) is 5.56. The molecule has 2 saturated heterocycles. The molecule has 4 aromatic rings. The van der Waals surface area contributed by atoms with Gasteiger partial charge in [0.2, 0.25) is 0 Å². The Hall–Kier alpha value is -3.86. The van der Waals surface area contributed by atoms with Gasteiger partial charge in [0.1, 0.15) is 36.9 Å². The summed E-state index contributed by atoms with van der Waals surface area (Å²) in [5.41, 5.74) is 8.73. The van der Waals surface area contributed by atoms with Gasteiger partial charge in [-0.05, 0) is 77.3 Å². The highest BCUT2D eigenvalue weighted by atomic mass is 16.6. The molecular weight excluding hydrogens is 496 g/mol. The van der Waals surface area contributed by atoms with Crippen LogP contribution in [0.5, 0.6) is 11.5 Å². The number of hydrogen-bond acceptors (Lipinski definition) is 4. The van der Waals surface area contributed by atoms with E-state index >= 15 is 0 Å². The Morgan fingerprint density at radius 3 is 1.75 bits per heavy atom. The van der Waals surface area contributed by atoms with Crippen LogP contribution in [0.1, 0.15) is 36.3 Å². The van der Waals surface area contributed by atoms with Crippen molar-refractivity contribution in [2.45, 2.75) is 37.4 Å². The van der Waals surface area contributed by atoms with E-state index in [1.54, 1.807) is 0 Å². The van der Waals surface area contributed by atoms with Crippen LogP contribution in [0.25, 0.3) is 27.8 Å². The highest BCUT2D eigenvalue weighted by molar-refractivity contribution is 5.77. The lowest BCUT2D eigenvalue weighted by Crippen LogP contribution is -2.07. The van der Waals surface area contributed by atoms with Gasteiger partial charge in [-0.1, -0.05) is 78.9 Å². The third-order valence-corrected chi connectivity index (χ3v) is 8.06. The highest BCUT2D eigenvalue weighted by Gasteiger charge is 2.25. The molecule has 4 heteroatoms. The van der Waals surface area contributed by atoms with Crippen molar-refractivity contribution in [3.05, 3.63) is 114 Å². The predicted octanol–water partition coefficient (Wildman–Crippen LogP) is 7.93. The van der Waals surface area contributed by atoms with E-state index in [1.807, 2.05) is 0 Å². The van der Waals surface area contributed by atoms with Crippen LogP contribution < -0.4 is 9.47 Å². The minimum Gasteiger partial charge on any atom is -0.490 e. The summed E-state index contributed by atoms with van der Waals surface area (Å²) >= 11 is 0. The summed E-state index contributed by atoms with van der Waals surface area (Å²) in [4.78, 5) is 0. The number of rotatable bonds is 10. The molecule has 0 radical (unpaired) electrons. The summed E-state index contributed by atoms with van der Waals surface area (Å²) in [6.45, 7) is 2.81. The van der Waals surface area contributed by atoms with E-state index in [1.165, 1.54) is 27.8 Å². The zero-order valence-corrected chi connectivity index (χ0v) is 22.6. The summed E-state index contributed by atoms with van der Waals surface area (Å²) < 4.78 is 23.1. The van der Waals surface area contributed by atoms with Crippen LogP contribution in [0.3, 0.4) is 0 Å². The first-order chi connectivity index (χ1) is 19.8. The van der Waals surface area contributed by atoms with Gasteiger partial charge in [-0.15, -0.1) is 0 Å². The molecule has 40 heavy (non-hydrogen) atoms. The van der Waals surface area contributed by atoms with E-state index < -0.39 is 0 Å². The van der Waals surface area contributed by atoms with Gasteiger partial charge in [-0.3, -0.25) is 0 Å². The number of epoxide rings is 2. The van der Waals surface area contributed by atoms with Crippen LogP contribution in [-0.4, -0.2) is 38.6 Å². The quantitative estimate of drug-likeness (QED) is 0.195. The van der Waals surface area contributed by atoms with Crippen molar-refractivity contribution in [3.63, 3.8) is 0 Å². The topological polar surface area (TPSA) is 43.5 Å². The van der Waals surface area contributed by atoms with Crippen LogP contribution >= 0.6 is 0 Å². The molecule has 3 unspecified atom stereocenters. The van der Waals surface area contributed by atoms with Gasteiger partial charge in [-0.25, -0.2) is 0 Å². The van der Waals surface area contributed by atoms with Crippen LogP contribution in [0.2, 0.25) is 0 Å². The zero-order chi connectivity index (χ0) is 26.7. The summed E-state index contributed by atoms with van der Waals surface area (Å²) in [5, 5.41) is 0. The lowest BCUT2D eigenvalue weighted by molar-refractivity contribution is 0.264. The Labute approximate surface area is 236 Å². The molecule has 0 bridgehead atoms. The molecule has 2 heterocycles. The smallest absolute Gasteiger partial charge is 0.127 e. The summed E-state index contributed by atoms with van der Waals surface area (Å²) in [6.07, 6.45) is 6.10. The molecule has 202 valence electrons. The Morgan fingerprint density at radius 1 is 0.625 bits per heavy atom. The van der Waals surface area contributed by atoms with E-state index in [2.05, 4.69) is 103 Å². The van der Waals surface area contributed by atoms with Crippen molar-refractivity contribution < 1.29 is 18.9 Å². The molecule has 0 amide bonds. The van der Waals surface area contributed by atoms with Crippen LogP contribution in [0.15, 0.2) is 103 Å². The Bertz CT molecular complexity index is 1490. The van der Waals surface area contributed by atoms with Gasteiger partial charge in [0.25, 0.3) is 0 Å². The maximum Gasteiger partial charge on any atom is 0.127 e. The molecular formula is C36H34O4. The fourth-order valence-corrected chi connectivity index (χ4v) is 5.56. The maximum atomic E-state index is 6.17. The van der Waals surface area contributed by atoms with E-state index in [0.717, 1.165) is 55.1 Å². The molecule has 0 saturated carbocycles. The first kappa shape index (κ1) is 25.1. The fraction of sp³-hybridized carbons (Fsp3) is 0.278. The molecule has 1 aliphatic carbocycles. The zero-order valence-electron chi connectivity index (χ0n) is 22.6. The standard InChI is InChI=1S/C36H34O4/c1-3-7-27(8-4-1)33-19-29(15-17-35(33)39-23-31-21-37-31)25-11-13-26(14-12-25)30-16-18-36(40-24-32-22-38-32)34(20-30)28-9-5-2-6-10-28/h1-11,15-20,26,31-32H,12-14,21-24H2. The minimum atomic E-state index is 0.233. The van der Waals surface area contributed by atoms with Crippen molar-refractivity contribution in [2.24, 2.45) is 0 Å².